The zero-order valence-electron chi connectivity index (χ0n) is 13.1. The van der Waals surface area contributed by atoms with E-state index in [1.54, 1.807) is 7.11 Å². The minimum absolute atomic E-state index is 0.602. The summed E-state index contributed by atoms with van der Waals surface area (Å²) in [6.07, 6.45) is 4.05. The minimum atomic E-state index is 0.602. The Morgan fingerprint density at radius 1 is 0.826 bits per heavy atom. The van der Waals surface area contributed by atoms with E-state index < -0.39 is 0 Å². The summed E-state index contributed by atoms with van der Waals surface area (Å²) < 4.78 is 5.06. The predicted molar refractivity (Wildman–Crippen MR) is 97.3 cm³/mol. The van der Waals surface area contributed by atoms with E-state index >= 15 is 0 Å². The SMILES string of the molecule is COCC=Cc1ccccc1C#Cc1cccc2ccccc12. The molecule has 0 fully saturated rings. The minimum Gasteiger partial charge on any atom is -0.381 e. The molecule has 0 unspecified atom stereocenters. The van der Waals surface area contributed by atoms with Crippen molar-refractivity contribution in [2.75, 3.05) is 13.7 Å². The molecule has 112 valence electrons. The van der Waals surface area contributed by atoms with Crippen molar-refractivity contribution in [3.63, 3.8) is 0 Å². The van der Waals surface area contributed by atoms with Crippen LogP contribution in [-0.2, 0) is 4.74 Å². The second kappa shape index (κ2) is 7.45. The molecule has 0 aromatic heterocycles. The van der Waals surface area contributed by atoms with Crippen molar-refractivity contribution in [1.82, 2.24) is 0 Å². The Morgan fingerprint density at radius 2 is 1.52 bits per heavy atom. The smallest absolute Gasteiger partial charge is 0.0646 e. The van der Waals surface area contributed by atoms with Gasteiger partial charge in [-0.15, -0.1) is 0 Å². The van der Waals surface area contributed by atoms with Gasteiger partial charge in [0.05, 0.1) is 6.61 Å². The molecule has 0 atom stereocenters. The van der Waals surface area contributed by atoms with Crippen LogP contribution in [0.25, 0.3) is 16.8 Å². The van der Waals surface area contributed by atoms with Crippen LogP contribution in [0.5, 0.6) is 0 Å². The number of benzene rings is 3. The predicted octanol–water partition coefficient (Wildman–Crippen LogP) is 4.90. The number of methoxy groups -OCH3 is 1. The second-order valence-electron chi connectivity index (χ2n) is 5.22. The van der Waals surface area contributed by atoms with E-state index in [9.17, 15) is 0 Å². The Bertz CT molecular complexity index is 889. The first-order valence-corrected chi connectivity index (χ1v) is 7.63. The fourth-order valence-corrected chi connectivity index (χ4v) is 2.50. The number of fused-ring (bicyclic) bond motifs is 1. The molecule has 0 N–H and O–H groups in total. The fraction of sp³-hybridized carbons (Fsp3) is 0.0909. The molecular weight excluding hydrogens is 280 g/mol. The largest absolute Gasteiger partial charge is 0.381 e. The van der Waals surface area contributed by atoms with Crippen LogP contribution < -0.4 is 0 Å². The summed E-state index contributed by atoms with van der Waals surface area (Å²) in [5.41, 5.74) is 3.18. The normalized spacial score (nSPS) is 10.7. The van der Waals surface area contributed by atoms with Crippen LogP contribution in [0.15, 0.2) is 72.8 Å². The second-order valence-corrected chi connectivity index (χ2v) is 5.22. The Hall–Kier alpha value is -2.82. The summed E-state index contributed by atoms with van der Waals surface area (Å²) in [6, 6.07) is 22.7. The van der Waals surface area contributed by atoms with Gasteiger partial charge in [0.25, 0.3) is 0 Å². The van der Waals surface area contributed by atoms with Crippen LogP contribution in [0, 0.1) is 11.8 Å². The standard InChI is InChI=1S/C22H18O/c1-23-17-7-13-18-8-2-3-9-19(18)15-16-21-12-6-11-20-10-4-5-14-22(20)21/h2-14H,17H2,1H3. The van der Waals surface area contributed by atoms with Crippen LogP contribution >= 0.6 is 0 Å². The lowest BCUT2D eigenvalue weighted by Crippen LogP contribution is -1.85. The van der Waals surface area contributed by atoms with Crippen molar-refractivity contribution in [3.05, 3.63) is 89.5 Å². The number of hydrogen-bond donors (Lipinski definition) is 0. The molecule has 0 saturated carbocycles. The Morgan fingerprint density at radius 3 is 2.43 bits per heavy atom. The van der Waals surface area contributed by atoms with E-state index in [0.717, 1.165) is 16.7 Å². The van der Waals surface area contributed by atoms with Gasteiger partial charge in [-0.2, -0.15) is 0 Å². The van der Waals surface area contributed by atoms with Crippen LogP contribution in [0.4, 0.5) is 0 Å². The third-order valence-corrected chi connectivity index (χ3v) is 3.64. The van der Waals surface area contributed by atoms with Gasteiger partial charge in [-0.3, -0.25) is 0 Å². The van der Waals surface area contributed by atoms with Crippen molar-refractivity contribution < 1.29 is 4.74 Å². The summed E-state index contributed by atoms with van der Waals surface area (Å²) in [4.78, 5) is 0. The third-order valence-electron chi connectivity index (χ3n) is 3.64. The molecule has 3 aromatic carbocycles. The van der Waals surface area contributed by atoms with E-state index in [4.69, 9.17) is 4.74 Å². The molecule has 0 aliphatic heterocycles. The highest BCUT2D eigenvalue weighted by Crippen LogP contribution is 2.18. The zero-order valence-corrected chi connectivity index (χ0v) is 13.1. The number of ether oxygens (including phenoxy) is 1. The molecule has 0 aliphatic carbocycles. The Labute approximate surface area is 137 Å². The van der Waals surface area contributed by atoms with Crippen LogP contribution in [0.1, 0.15) is 16.7 Å². The molecule has 0 saturated heterocycles. The lowest BCUT2D eigenvalue weighted by atomic mass is 10.0. The van der Waals surface area contributed by atoms with Crippen molar-refractivity contribution in [2.24, 2.45) is 0 Å². The molecule has 23 heavy (non-hydrogen) atoms. The molecule has 0 amide bonds. The van der Waals surface area contributed by atoms with Gasteiger partial charge in [0.1, 0.15) is 0 Å². The molecule has 3 aromatic rings. The highest BCUT2D eigenvalue weighted by Gasteiger charge is 1.98. The van der Waals surface area contributed by atoms with Gasteiger partial charge in [0.2, 0.25) is 0 Å². The average Bonchev–Trinajstić information content (AvgIpc) is 2.61. The molecule has 0 spiro atoms. The molecule has 1 nitrogen and oxygen atoms in total. The summed E-state index contributed by atoms with van der Waals surface area (Å²) in [5.74, 6) is 6.63. The molecule has 3 rings (SSSR count). The highest BCUT2D eigenvalue weighted by molar-refractivity contribution is 5.88. The van der Waals surface area contributed by atoms with Gasteiger partial charge in [0, 0.05) is 18.2 Å². The third kappa shape index (κ3) is 3.69. The van der Waals surface area contributed by atoms with E-state index in [0.29, 0.717) is 6.61 Å². The molecule has 0 aliphatic rings. The first-order chi connectivity index (χ1) is 11.4. The topological polar surface area (TPSA) is 9.23 Å². The molecule has 0 heterocycles. The van der Waals surface area contributed by atoms with Gasteiger partial charge >= 0.3 is 0 Å². The van der Waals surface area contributed by atoms with Crippen molar-refractivity contribution >= 4 is 16.8 Å². The Kier molecular flexibility index (Phi) is 4.88. The lowest BCUT2D eigenvalue weighted by molar-refractivity contribution is 0.234. The van der Waals surface area contributed by atoms with Crippen LogP contribution in [0.2, 0.25) is 0 Å². The van der Waals surface area contributed by atoms with Gasteiger partial charge in [-0.25, -0.2) is 0 Å². The average molecular weight is 298 g/mol. The lowest BCUT2D eigenvalue weighted by Gasteiger charge is -2.00. The summed E-state index contributed by atoms with van der Waals surface area (Å²) in [5, 5.41) is 2.41. The summed E-state index contributed by atoms with van der Waals surface area (Å²) >= 11 is 0. The maximum absolute atomic E-state index is 5.06. The molecule has 0 bridgehead atoms. The maximum Gasteiger partial charge on any atom is 0.0646 e. The van der Waals surface area contributed by atoms with Gasteiger partial charge in [-0.05, 0) is 28.5 Å². The molecular formula is C22H18O. The Balaban J connectivity index is 1.98. The fourth-order valence-electron chi connectivity index (χ4n) is 2.50. The summed E-state index contributed by atoms with van der Waals surface area (Å²) in [6.45, 7) is 0.602. The zero-order chi connectivity index (χ0) is 15.9. The van der Waals surface area contributed by atoms with Crippen molar-refractivity contribution in [2.45, 2.75) is 0 Å². The monoisotopic (exact) mass is 298 g/mol. The van der Waals surface area contributed by atoms with Crippen molar-refractivity contribution in [3.8, 4) is 11.8 Å². The van der Waals surface area contributed by atoms with Gasteiger partial charge in [-0.1, -0.05) is 78.6 Å². The summed E-state index contributed by atoms with van der Waals surface area (Å²) in [7, 11) is 1.69. The molecule has 0 radical (unpaired) electrons. The van der Waals surface area contributed by atoms with E-state index in [1.165, 1.54) is 10.8 Å². The van der Waals surface area contributed by atoms with Crippen LogP contribution in [-0.4, -0.2) is 13.7 Å². The van der Waals surface area contributed by atoms with E-state index in [2.05, 4.69) is 66.4 Å². The first kappa shape index (κ1) is 15.1. The maximum atomic E-state index is 5.06. The van der Waals surface area contributed by atoms with E-state index in [1.807, 2.05) is 24.3 Å². The van der Waals surface area contributed by atoms with E-state index in [-0.39, 0.29) is 0 Å². The first-order valence-electron chi connectivity index (χ1n) is 7.63. The highest BCUT2D eigenvalue weighted by atomic mass is 16.5. The van der Waals surface area contributed by atoms with Gasteiger partial charge in [0.15, 0.2) is 0 Å². The quantitative estimate of drug-likeness (QED) is 0.625. The molecule has 1 heteroatoms. The van der Waals surface area contributed by atoms with Crippen molar-refractivity contribution in [1.29, 1.82) is 0 Å². The number of rotatable bonds is 3. The number of hydrogen-bond acceptors (Lipinski definition) is 1. The van der Waals surface area contributed by atoms with Crippen LogP contribution in [0.3, 0.4) is 0 Å². The van der Waals surface area contributed by atoms with Gasteiger partial charge < -0.3 is 4.74 Å².